The molecule has 2 aromatic heterocycles. The van der Waals surface area contributed by atoms with Crippen LogP contribution in [0, 0.1) is 5.41 Å². The summed E-state index contributed by atoms with van der Waals surface area (Å²) in [5.41, 5.74) is 2.13. The first-order chi connectivity index (χ1) is 10.4. The molecule has 3 aromatic rings. The molecular formula is C16H19N5O. The molecule has 0 unspecified atom stereocenters. The van der Waals surface area contributed by atoms with E-state index in [4.69, 9.17) is 0 Å². The summed E-state index contributed by atoms with van der Waals surface area (Å²) in [6, 6.07) is 7.81. The Labute approximate surface area is 128 Å². The van der Waals surface area contributed by atoms with Gasteiger partial charge in [0.1, 0.15) is 11.6 Å². The van der Waals surface area contributed by atoms with Crippen LogP contribution in [0.1, 0.15) is 20.8 Å². The molecule has 0 saturated heterocycles. The number of aromatic amines is 1. The SMILES string of the molecule is Cn1ncc(-c2nc3ccccc3[nH]2)c1NC(=O)C(C)(C)C. The maximum atomic E-state index is 12.3. The normalized spacial score (nSPS) is 11.8. The average molecular weight is 297 g/mol. The van der Waals surface area contributed by atoms with Gasteiger partial charge in [-0.15, -0.1) is 0 Å². The third-order valence-corrected chi connectivity index (χ3v) is 3.50. The van der Waals surface area contributed by atoms with Gasteiger partial charge in [-0.1, -0.05) is 32.9 Å². The van der Waals surface area contributed by atoms with Crippen molar-refractivity contribution in [3.8, 4) is 11.4 Å². The Kier molecular flexibility index (Phi) is 3.24. The van der Waals surface area contributed by atoms with Crippen molar-refractivity contribution in [1.29, 1.82) is 0 Å². The highest BCUT2D eigenvalue weighted by molar-refractivity contribution is 5.97. The molecule has 0 aliphatic carbocycles. The number of carbonyl (C=O) groups excluding carboxylic acids is 1. The molecule has 2 heterocycles. The molecule has 0 atom stereocenters. The van der Waals surface area contributed by atoms with Gasteiger partial charge in [-0.3, -0.25) is 9.48 Å². The van der Waals surface area contributed by atoms with Crippen molar-refractivity contribution in [1.82, 2.24) is 19.7 Å². The van der Waals surface area contributed by atoms with Gasteiger partial charge in [-0.05, 0) is 12.1 Å². The molecular weight excluding hydrogens is 278 g/mol. The van der Waals surface area contributed by atoms with E-state index in [-0.39, 0.29) is 5.91 Å². The largest absolute Gasteiger partial charge is 0.338 e. The van der Waals surface area contributed by atoms with E-state index in [9.17, 15) is 4.79 Å². The Morgan fingerprint density at radius 1 is 1.27 bits per heavy atom. The van der Waals surface area contributed by atoms with Crippen LogP contribution in [0.15, 0.2) is 30.5 Å². The van der Waals surface area contributed by atoms with Crippen molar-refractivity contribution < 1.29 is 4.79 Å². The van der Waals surface area contributed by atoms with Crippen LogP contribution in [0.4, 0.5) is 5.82 Å². The monoisotopic (exact) mass is 297 g/mol. The summed E-state index contributed by atoms with van der Waals surface area (Å²) in [5, 5.41) is 7.18. The molecule has 0 spiro atoms. The number of anilines is 1. The fourth-order valence-corrected chi connectivity index (χ4v) is 2.13. The molecule has 1 aromatic carbocycles. The fourth-order valence-electron chi connectivity index (χ4n) is 2.13. The highest BCUT2D eigenvalue weighted by atomic mass is 16.2. The number of hydrogen-bond donors (Lipinski definition) is 2. The number of rotatable bonds is 2. The Hall–Kier alpha value is -2.63. The topological polar surface area (TPSA) is 75.6 Å². The van der Waals surface area contributed by atoms with Gasteiger partial charge < -0.3 is 10.3 Å². The highest BCUT2D eigenvalue weighted by Crippen LogP contribution is 2.28. The van der Waals surface area contributed by atoms with Crippen LogP contribution in [0.5, 0.6) is 0 Å². The number of nitrogens with zero attached hydrogens (tertiary/aromatic N) is 3. The minimum absolute atomic E-state index is 0.0616. The van der Waals surface area contributed by atoms with Gasteiger partial charge >= 0.3 is 0 Å². The molecule has 0 radical (unpaired) electrons. The zero-order chi connectivity index (χ0) is 15.9. The molecule has 0 fully saturated rings. The summed E-state index contributed by atoms with van der Waals surface area (Å²) in [6.45, 7) is 5.62. The van der Waals surface area contributed by atoms with E-state index < -0.39 is 5.41 Å². The first-order valence-electron chi connectivity index (χ1n) is 7.15. The number of nitrogens with one attached hydrogen (secondary N) is 2. The van der Waals surface area contributed by atoms with Crippen molar-refractivity contribution in [2.75, 3.05) is 5.32 Å². The molecule has 2 N–H and O–H groups in total. The summed E-state index contributed by atoms with van der Waals surface area (Å²) in [5.74, 6) is 1.27. The van der Waals surface area contributed by atoms with E-state index in [0.29, 0.717) is 11.6 Å². The van der Waals surface area contributed by atoms with Gasteiger partial charge in [0.15, 0.2) is 0 Å². The number of hydrogen-bond acceptors (Lipinski definition) is 3. The lowest BCUT2D eigenvalue weighted by molar-refractivity contribution is -0.123. The molecule has 22 heavy (non-hydrogen) atoms. The Morgan fingerprint density at radius 3 is 2.68 bits per heavy atom. The third-order valence-electron chi connectivity index (χ3n) is 3.50. The predicted octanol–water partition coefficient (Wildman–Crippen LogP) is 2.95. The van der Waals surface area contributed by atoms with E-state index in [0.717, 1.165) is 16.6 Å². The van der Waals surface area contributed by atoms with E-state index >= 15 is 0 Å². The number of aryl methyl sites for hydroxylation is 1. The minimum Gasteiger partial charge on any atom is -0.338 e. The molecule has 6 nitrogen and oxygen atoms in total. The smallest absolute Gasteiger partial charge is 0.230 e. The van der Waals surface area contributed by atoms with Gasteiger partial charge in [0.05, 0.1) is 22.8 Å². The van der Waals surface area contributed by atoms with Gasteiger partial charge in [0.25, 0.3) is 0 Å². The number of aromatic nitrogens is 4. The Balaban J connectivity index is 2.03. The quantitative estimate of drug-likeness (QED) is 0.763. The zero-order valence-electron chi connectivity index (χ0n) is 13.1. The summed E-state index contributed by atoms with van der Waals surface area (Å²) in [7, 11) is 1.80. The van der Waals surface area contributed by atoms with Crippen LogP contribution in [-0.4, -0.2) is 25.7 Å². The number of benzene rings is 1. The van der Waals surface area contributed by atoms with Crippen molar-refractivity contribution in [2.24, 2.45) is 12.5 Å². The molecule has 0 saturated carbocycles. The van der Waals surface area contributed by atoms with Crippen molar-refractivity contribution >= 4 is 22.8 Å². The lowest BCUT2D eigenvalue weighted by Crippen LogP contribution is -2.28. The summed E-state index contributed by atoms with van der Waals surface area (Å²) < 4.78 is 1.64. The first kappa shape index (κ1) is 14.3. The maximum absolute atomic E-state index is 12.3. The molecule has 1 amide bonds. The third kappa shape index (κ3) is 2.47. The second-order valence-corrected chi connectivity index (χ2v) is 6.34. The summed E-state index contributed by atoms with van der Waals surface area (Å²) in [6.07, 6.45) is 1.70. The lowest BCUT2D eigenvalue weighted by Gasteiger charge is -2.18. The highest BCUT2D eigenvalue weighted by Gasteiger charge is 2.24. The van der Waals surface area contributed by atoms with Crippen LogP contribution in [0.25, 0.3) is 22.4 Å². The Morgan fingerprint density at radius 2 is 2.00 bits per heavy atom. The van der Waals surface area contributed by atoms with Gasteiger partial charge in [0, 0.05) is 12.5 Å². The second kappa shape index (κ2) is 4.98. The van der Waals surface area contributed by atoms with E-state index in [1.807, 2.05) is 45.0 Å². The van der Waals surface area contributed by atoms with Crippen LogP contribution in [0.3, 0.4) is 0 Å². The number of carbonyl (C=O) groups is 1. The molecule has 3 rings (SSSR count). The van der Waals surface area contributed by atoms with E-state index in [1.165, 1.54) is 0 Å². The van der Waals surface area contributed by atoms with Crippen molar-refractivity contribution in [3.05, 3.63) is 30.5 Å². The molecule has 0 aliphatic rings. The van der Waals surface area contributed by atoms with Crippen LogP contribution in [-0.2, 0) is 11.8 Å². The van der Waals surface area contributed by atoms with Crippen LogP contribution >= 0.6 is 0 Å². The standard InChI is InChI=1S/C16H19N5O/c1-16(2,3)15(22)20-14-10(9-17-21(14)4)13-18-11-7-5-6-8-12(11)19-13/h5-9H,1-4H3,(H,18,19)(H,20,22). The molecule has 6 heteroatoms. The van der Waals surface area contributed by atoms with E-state index in [2.05, 4.69) is 20.4 Å². The second-order valence-electron chi connectivity index (χ2n) is 6.34. The number of H-pyrrole nitrogens is 1. The summed E-state index contributed by atoms with van der Waals surface area (Å²) in [4.78, 5) is 20.1. The zero-order valence-corrected chi connectivity index (χ0v) is 13.1. The average Bonchev–Trinajstić information content (AvgIpc) is 3.02. The summed E-state index contributed by atoms with van der Waals surface area (Å²) >= 11 is 0. The number of amides is 1. The number of fused-ring (bicyclic) bond motifs is 1. The Bertz CT molecular complexity index is 805. The van der Waals surface area contributed by atoms with E-state index in [1.54, 1.807) is 17.9 Å². The van der Waals surface area contributed by atoms with Crippen LogP contribution < -0.4 is 5.32 Å². The predicted molar refractivity (Wildman–Crippen MR) is 86.4 cm³/mol. The fraction of sp³-hybridized carbons (Fsp3) is 0.312. The maximum Gasteiger partial charge on any atom is 0.230 e. The van der Waals surface area contributed by atoms with Crippen molar-refractivity contribution in [2.45, 2.75) is 20.8 Å². The molecule has 114 valence electrons. The minimum atomic E-state index is -0.477. The number of para-hydroxylation sites is 2. The molecule has 0 aliphatic heterocycles. The first-order valence-corrected chi connectivity index (χ1v) is 7.15. The number of imidazole rings is 1. The lowest BCUT2D eigenvalue weighted by atomic mass is 9.96. The van der Waals surface area contributed by atoms with Gasteiger partial charge in [-0.2, -0.15) is 5.10 Å². The van der Waals surface area contributed by atoms with Gasteiger partial charge in [0.2, 0.25) is 5.91 Å². The van der Waals surface area contributed by atoms with Crippen molar-refractivity contribution in [3.63, 3.8) is 0 Å². The van der Waals surface area contributed by atoms with Gasteiger partial charge in [-0.25, -0.2) is 4.98 Å². The van der Waals surface area contributed by atoms with Crippen LogP contribution in [0.2, 0.25) is 0 Å². The molecule has 0 bridgehead atoms.